The Labute approximate surface area is 117 Å². The smallest absolute Gasteiger partial charge is 0.324 e. The molecule has 2 rings (SSSR count). The standard InChI is InChI=1S/C12H20N4O4/c1-2-20-11(18)9-7-13-3-5-15(9)8-10(17)16-6-4-14-12(16)19/h9,13H,2-8H2,1H3,(H,14,19). The van der Waals surface area contributed by atoms with E-state index < -0.39 is 6.04 Å². The quantitative estimate of drug-likeness (QED) is 0.603. The fraction of sp³-hybridized carbons (Fsp3) is 0.750. The average molecular weight is 284 g/mol. The highest BCUT2D eigenvalue weighted by Crippen LogP contribution is 2.08. The molecule has 2 heterocycles. The van der Waals surface area contributed by atoms with Crippen molar-refractivity contribution in [1.29, 1.82) is 0 Å². The number of esters is 1. The van der Waals surface area contributed by atoms with Crippen LogP contribution in [0.5, 0.6) is 0 Å². The minimum Gasteiger partial charge on any atom is -0.465 e. The Hall–Kier alpha value is -1.67. The predicted octanol–water partition coefficient (Wildman–Crippen LogP) is -1.62. The molecule has 8 heteroatoms. The Morgan fingerprint density at radius 2 is 2.15 bits per heavy atom. The van der Waals surface area contributed by atoms with E-state index >= 15 is 0 Å². The normalized spacial score (nSPS) is 23.6. The van der Waals surface area contributed by atoms with Crippen LogP contribution >= 0.6 is 0 Å². The number of carbonyl (C=O) groups excluding carboxylic acids is 3. The number of rotatable bonds is 4. The molecular weight excluding hydrogens is 264 g/mol. The third kappa shape index (κ3) is 3.26. The summed E-state index contributed by atoms with van der Waals surface area (Å²) in [5.41, 5.74) is 0. The molecule has 3 amide bonds. The minimum absolute atomic E-state index is 0.0541. The van der Waals surface area contributed by atoms with Crippen molar-refractivity contribution in [3.8, 4) is 0 Å². The van der Waals surface area contributed by atoms with Gasteiger partial charge in [-0.3, -0.25) is 19.4 Å². The van der Waals surface area contributed by atoms with Gasteiger partial charge in [-0.25, -0.2) is 4.79 Å². The number of amides is 3. The first-order chi connectivity index (χ1) is 9.63. The van der Waals surface area contributed by atoms with Gasteiger partial charge in [0.15, 0.2) is 0 Å². The first-order valence-corrected chi connectivity index (χ1v) is 6.83. The van der Waals surface area contributed by atoms with Crippen LogP contribution in [0.15, 0.2) is 0 Å². The largest absolute Gasteiger partial charge is 0.465 e. The van der Waals surface area contributed by atoms with Gasteiger partial charge in [0.2, 0.25) is 5.91 Å². The van der Waals surface area contributed by atoms with Crippen LogP contribution in [0.1, 0.15) is 6.92 Å². The van der Waals surface area contributed by atoms with Crippen LogP contribution in [0.3, 0.4) is 0 Å². The van der Waals surface area contributed by atoms with Gasteiger partial charge in [-0.05, 0) is 6.92 Å². The molecule has 0 bridgehead atoms. The van der Waals surface area contributed by atoms with E-state index in [1.165, 1.54) is 4.90 Å². The lowest BCUT2D eigenvalue weighted by Gasteiger charge is -2.34. The highest BCUT2D eigenvalue weighted by molar-refractivity contribution is 5.96. The average Bonchev–Trinajstić information content (AvgIpc) is 2.86. The van der Waals surface area contributed by atoms with Crippen LogP contribution in [-0.2, 0) is 14.3 Å². The number of ether oxygens (including phenoxy) is 1. The summed E-state index contributed by atoms with van der Waals surface area (Å²) in [7, 11) is 0. The topological polar surface area (TPSA) is 91.0 Å². The lowest BCUT2D eigenvalue weighted by molar-refractivity contribution is -0.151. The Morgan fingerprint density at radius 3 is 2.80 bits per heavy atom. The molecule has 0 radical (unpaired) electrons. The van der Waals surface area contributed by atoms with Crippen molar-refractivity contribution in [2.75, 3.05) is 45.9 Å². The molecule has 20 heavy (non-hydrogen) atoms. The van der Waals surface area contributed by atoms with Crippen LogP contribution in [-0.4, -0.2) is 79.6 Å². The fourth-order valence-electron chi connectivity index (χ4n) is 2.38. The number of nitrogens with one attached hydrogen (secondary N) is 2. The summed E-state index contributed by atoms with van der Waals surface area (Å²) in [4.78, 5) is 38.4. The molecule has 0 aromatic rings. The highest BCUT2D eigenvalue weighted by Gasteiger charge is 2.34. The van der Waals surface area contributed by atoms with Crippen molar-refractivity contribution >= 4 is 17.9 Å². The third-order valence-electron chi connectivity index (χ3n) is 3.41. The Bertz CT molecular complexity index is 401. The van der Waals surface area contributed by atoms with Gasteiger partial charge in [0, 0.05) is 32.7 Å². The molecule has 2 aliphatic heterocycles. The van der Waals surface area contributed by atoms with Crippen LogP contribution < -0.4 is 10.6 Å². The summed E-state index contributed by atoms with van der Waals surface area (Å²) < 4.78 is 5.01. The second-order valence-electron chi connectivity index (χ2n) is 4.72. The van der Waals surface area contributed by atoms with Crippen LogP contribution in [0.2, 0.25) is 0 Å². The molecule has 1 unspecified atom stereocenters. The van der Waals surface area contributed by atoms with Gasteiger partial charge in [0.1, 0.15) is 6.04 Å². The Balaban J connectivity index is 1.96. The number of hydrogen-bond donors (Lipinski definition) is 2. The second kappa shape index (κ2) is 6.67. The number of piperazine rings is 1. The molecular formula is C12H20N4O4. The number of imide groups is 1. The molecule has 2 aliphatic rings. The molecule has 2 N–H and O–H groups in total. The molecule has 2 saturated heterocycles. The van der Waals surface area contributed by atoms with Crippen molar-refractivity contribution < 1.29 is 19.1 Å². The van der Waals surface area contributed by atoms with Crippen molar-refractivity contribution in [3.63, 3.8) is 0 Å². The monoisotopic (exact) mass is 284 g/mol. The summed E-state index contributed by atoms with van der Waals surface area (Å²) in [5.74, 6) is -0.616. The molecule has 8 nitrogen and oxygen atoms in total. The van der Waals surface area contributed by atoms with E-state index in [2.05, 4.69) is 10.6 Å². The zero-order valence-corrected chi connectivity index (χ0v) is 11.6. The van der Waals surface area contributed by atoms with E-state index in [9.17, 15) is 14.4 Å². The molecule has 0 saturated carbocycles. The van der Waals surface area contributed by atoms with Crippen LogP contribution in [0.25, 0.3) is 0 Å². The lowest BCUT2D eigenvalue weighted by atomic mass is 10.2. The van der Waals surface area contributed by atoms with Gasteiger partial charge in [-0.15, -0.1) is 0 Å². The summed E-state index contributed by atoms with van der Waals surface area (Å²) in [5, 5.41) is 5.69. The van der Waals surface area contributed by atoms with E-state index in [1.54, 1.807) is 11.8 Å². The summed E-state index contributed by atoms with van der Waals surface area (Å²) >= 11 is 0. The lowest BCUT2D eigenvalue weighted by Crippen LogP contribution is -2.58. The summed E-state index contributed by atoms with van der Waals surface area (Å²) in [6, 6.07) is -0.837. The van der Waals surface area contributed by atoms with Gasteiger partial charge in [-0.1, -0.05) is 0 Å². The number of hydrogen-bond acceptors (Lipinski definition) is 6. The Kier molecular flexibility index (Phi) is 4.91. The zero-order valence-electron chi connectivity index (χ0n) is 11.6. The third-order valence-corrected chi connectivity index (χ3v) is 3.41. The van der Waals surface area contributed by atoms with Gasteiger partial charge in [-0.2, -0.15) is 0 Å². The first-order valence-electron chi connectivity index (χ1n) is 6.83. The highest BCUT2D eigenvalue weighted by atomic mass is 16.5. The van der Waals surface area contributed by atoms with E-state index in [4.69, 9.17) is 4.74 Å². The summed E-state index contributed by atoms with van der Waals surface area (Å²) in [6.07, 6.45) is 0. The maximum absolute atomic E-state index is 12.1. The minimum atomic E-state index is -0.474. The predicted molar refractivity (Wildman–Crippen MR) is 70.0 cm³/mol. The Morgan fingerprint density at radius 1 is 1.35 bits per heavy atom. The molecule has 1 atom stereocenters. The van der Waals surface area contributed by atoms with Crippen molar-refractivity contribution in [1.82, 2.24) is 20.4 Å². The second-order valence-corrected chi connectivity index (χ2v) is 4.72. The van der Waals surface area contributed by atoms with E-state index in [-0.39, 0.29) is 24.5 Å². The summed E-state index contributed by atoms with van der Waals surface area (Å²) in [6.45, 7) is 4.71. The molecule has 0 spiro atoms. The number of carbonyl (C=O) groups is 3. The van der Waals surface area contributed by atoms with Gasteiger partial charge >= 0.3 is 12.0 Å². The van der Waals surface area contributed by atoms with E-state index in [0.29, 0.717) is 39.3 Å². The first kappa shape index (κ1) is 14.7. The van der Waals surface area contributed by atoms with Gasteiger partial charge in [0.05, 0.1) is 13.2 Å². The van der Waals surface area contributed by atoms with Crippen LogP contribution in [0, 0.1) is 0 Å². The molecule has 112 valence electrons. The van der Waals surface area contributed by atoms with Crippen molar-refractivity contribution in [3.05, 3.63) is 0 Å². The molecule has 2 fully saturated rings. The molecule has 0 aromatic heterocycles. The van der Waals surface area contributed by atoms with Crippen LogP contribution in [0.4, 0.5) is 4.79 Å². The maximum Gasteiger partial charge on any atom is 0.324 e. The number of nitrogens with zero attached hydrogens (tertiary/aromatic N) is 2. The molecule has 0 aromatic carbocycles. The van der Waals surface area contributed by atoms with Crippen molar-refractivity contribution in [2.45, 2.75) is 13.0 Å². The number of urea groups is 1. The maximum atomic E-state index is 12.1. The van der Waals surface area contributed by atoms with Crippen molar-refractivity contribution in [2.24, 2.45) is 0 Å². The molecule has 0 aliphatic carbocycles. The SMILES string of the molecule is CCOC(=O)C1CNCCN1CC(=O)N1CCNC1=O. The fourth-order valence-corrected chi connectivity index (χ4v) is 2.38. The van der Waals surface area contributed by atoms with E-state index in [1.807, 2.05) is 0 Å². The van der Waals surface area contributed by atoms with Gasteiger partial charge < -0.3 is 15.4 Å². The zero-order chi connectivity index (χ0) is 14.5. The van der Waals surface area contributed by atoms with Gasteiger partial charge in [0.25, 0.3) is 0 Å². The van der Waals surface area contributed by atoms with E-state index in [0.717, 1.165) is 0 Å².